The maximum absolute atomic E-state index is 12.1. The third-order valence-corrected chi connectivity index (χ3v) is 5.68. The van der Waals surface area contributed by atoms with Crippen molar-refractivity contribution in [3.05, 3.63) is 0 Å². The van der Waals surface area contributed by atoms with Crippen LogP contribution >= 0.6 is 0 Å². The lowest BCUT2D eigenvalue weighted by atomic mass is 10.0. The molecule has 100 valence electrons. The average Bonchev–Trinajstić information content (AvgIpc) is 3.09. The van der Waals surface area contributed by atoms with Gasteiger partial charge in [0.25, 0.3) is 0 Å². The molecule has 1 N–H and O–H groups in total. The molecule has 0 spiro atoms. The minimum absolute atomic E-state index is 0.307. The van der Waals surface area contributed by atoms with Crippen LogP contribution in [0.5, 0.6) is 0 Å². The highest BCUT2D eigenvalue weighted by Gasteiger charge is 2.26. The van der Waals surface area contributed by atoms with Gasteiger partial charge in [0.15, 0.2) is 0 Å². The summed E-state index contributed by atoms with van der Waals surface area (Å²) in [7, 11) is -2.99. The number of hydrogen-bond acceptors (Lipinski definition) is 3. The molecule has 0 bridgehead atoms. The van der Waals surface area contributed by atoms with Gasteiger partial charge in [-0.1, -0.05) is 6.92 Å². The minimum atomic E-state index is -2.99. The minimum Gasteiger partial charge on any atom is -0.314 e. The van der Waals surface area contributed by atoms with Crippen LogP contribution in [0, 0.1) is 5.92 Å². The van der Waals surface area contributed by atoms with Gasteiger partial charge in [-0.3, -0.25) is 0 Å². The van der Waals surface area contributed by atoms with Crippen molar-refractivity contribution in [2.45, 2.75) is 45.1 Å². The monoisotopic (exact) mass is 260 g/mol. The van der Waals surface area contributed by atoms with Gasteiger partial charge in [0.2, 0.25) is 10.0 Å². The van der Waals surface area contributed by atoms with E-state index in [1.165, 1.54) is 12.8 Å². The Morgan fingerprint density at radius 3 is 2.41 bits per heavy atom. The summed E-state index contributed by atoms with van der Waals surface area (Å²) in [6, 6.07) is 0.675. The second kappa shape index (κ2) is 5.67. The number of sulfonamides is 1. The van der Waals surface area contributed by atoms with Gasteiger partial charge in [-0.15, -0.1) is 0 Å². The van der Waals surface area contributed by atoms with Gasteiger partial charge < -0.3 is 5.32 Å². The second-order valence-electron chi connectivity index (χ2n) is 5.48. The zero-order valence-corrected chi connectivity index (χ0v) is 11.5. The molecule has 0 amide bonds. The van der Waals surface area contributed by atoms with Gasteiger partial charge in [-0.25, -0.2) is 12.7 Å². The van der Waals surface area contributed by atoms with Crippen LogP contribution in [0.3, 0.4) is 0 Å². The number of piperidine rings is 1. The zero-order valence-electron chi connectivity index (χ0n) is 10.7. The molecule has 0 aromatic carbocycles. The molecule has 2 rings (SSSR count). The fraction of sp³-hybridized carbons (Fsp3) is 1.00. The summed E-state index contributed by atoms with van der Waals surface area (Å²) in [4.78, 5) is 0. The maximum Gasteiger partial charge on any atom is 0.214 e. The summed E-state index contributed by atoms with van der Waals surface area (Å²) < 4.78 is 25.8. The van der Waals surface area contributed by atoms with Gasteiger partial charge in [-0.05, 0) is 44.6 Å². The van der Waals surface area contributed by atoms with Gasteiger partial charge in [0.05, 0.1) is 5.75 Å². The fourth-order valence-electron chi connectivity index (χ4n) is 2.24. The van der Waals surface area contributed by atoms with E-state index in [0.717, 1.165) is 38.9 Å². The smallest absolute Gasteiger partial charge is 0.214 e. The highest BCUT2D eigenvalue weighted by atomic mass is 32.2. The van der Waals surface area contributed by atoms with Crippen LogP contribution in [0.15, 0.2) is 0 Å². The van der Waals surface area contributed by atoms with Gasteiger partial charge >= 0.3 is 0 Å². The van der Waals surface area contributed by atoms with E-state index < -0.39 is 10.0 Å². The second-order valence-corrected chi connectivity index (χ2v) is 7.57. The van der Waals surface area contributed by atoms with E-state index >= 15 is 0 Å². The zero-order chi connectivity index (χ0) is 12.3. The Kier molecular flexibility index (Phi) is 4.44. The first-order chi connectivity index (χ1) is 8.08. The van der Waals surface area contributed by atoms with E-state index in [4.69, 9.17) is 0 Å². The van der Waals surface area contributed by atoms with E-state index in [1.807, 2.05) is 0 Å². The van der Waals surface area contributed by atoms with Crippen molar-refractivity contribution < 1.29 is 8.42 Å². The fourth-order valence-corrected chi connectivity index (χ4v) is 3.77. The van der Waals surface area contributed by atoms with Crippen LogP contribution in [0.2, 0.25) is 0 Å². The van der Waals surface area contributed by atoms with Gasteiger partial charge in [0.1, 0.15) is 0 Å². The molecule has 5 heteroatoms. The van der Waals surface area contributed by atoms with Crippen LogP contribution in [-0.2, 0) is 10.0 Å². The van der Waals surface area contributed by atoms with Crippen molar-refractivity contribution >= 4 is 10.0 Å². The molecule has 1 aliphatic carbocycles. The first kappa shape index (κ1) is 13.3. The van der Waals surface area contributed by atoms with Crippen LogP contribution in [-0.4, -0.2) is 44.2 Å². The van der Waals surface area contributed by atoms with Crippen molar-refractivity contribution in [1.82, 2.24) is 9.62 Å². The first-order valence-corrected chi connectivity index (χ1v) is 8.40. The average molecular weight is 260 g/mol. The Bertz CT molecular complexity index is 330. The largest absolute Gasteiger partial charge is 0.314 e. The SMILES string of the molecule is CC1CCN(S(=O)(=O)CCCNC2CC2)CC1. The highest BCUT2D eigenvalue weighted by molar-refractivity contribution is 7.89. The van der Waals surface area contributed by atoms with E-state index in [9.17, 15) is 8.42 Å². The highest BCUT2D eigenvalue weighted by Crippen LogP contribution is 2.20. The molecule has 1 saturated heterocycles. The molecule has 1 heterocycles. The predicted molar refractivity (Wildman–Crippen MR) is 69.4 cm³/mol. The van der Waals surface area contributed by atoms with Crippen molar-refractivity contribution in [1.29, 1.82) is 0 Å². The van der Waals surface area contributed by atoms with Crippen molar-refractivity contribution in [3.63, 3.8) is 0 Å². The summed E-state index contributed by atoms with van der Waals surface area (Å²) in [5.74, 6) is 0.985. The Labute approximate surface area is 105 Å². The summed E-state index contributed by atoms with van der Waals surface area (Å²) >= 11 is 0. The Morgan fingerprint density at radius 1 is 1.18 bits per heavy atom. The van der Waals surface area contributed by atoms with Crippen LogP contribution in [0.25, 0.3) is 0 Å². The number of hydrogen-bond donors (Lipinski definition) is 1. The molecule has 1 aliphatic heterocycles. The summed E-state index contributed by atoms with van der Waals surface area (Å²) in [6.45, 7) is 4.48. The first-order valence-electron chi connectivity index (χ1n) is 6.79. The lowest BCUT2D eigenvalue weighted by Crippen LogP contribution is -2.39. The molecule has 2 aliphatic rings. The standard InChI is InChI=1S/C12H24N2O2S/c1-11-5-8-14(9-6-11)17(15,16)10-2-7-13-12-3-4-12/h11-13H,2-10H2,1H3. The molecule has 0 unspecified atom stereocenters. The van der Waals surface area contributed by atoms with Crippen molar-refractivity contribution in [2.24, 2.45) is 5.92 Å². The molecule has 0 atom stereocenters. The van der Waals surface area contributed by atoms with Gasteiger partial charge in [-0.2, -0.15) is 0 Å². The van der Waals surface area contributed by atoms with E-state index in [-0.39, 0.29) is 0 Å². The predicted octanol–water partition coefficient (Wildman–Crippen LogP) is 1.19. The number of nitrogens with zero attached hydrogens (tertiary/aromatic N) is 1. The summed E-state index contributed by atoms with van der Waals surface area (Å²) in [6.07, 6.45) is 5.29. The lowest BCUT2D eigenvalue weighted by molar-refractivity contribution is 0.288. The topological polar surface area (TPSA) is 49.4 Å². The number of rotatable bonds is 6. The maximum atomic E-state index is 12.1. The van der Waals surface area contributed by atoms with Crippen LogP contribution in [0.4, 0.5) is 0 Å². The van der Waals surface area contributed by atoms with Gasteiger partial charge in [0, 0.05) is 19.1 Å². The summed E-state index contributed by atoms with van der Waals surface area (Å²) in [5, 5.41) is 3.36. The molecular formula is C12H24N2O2S. The molecule has 0 aromatic heterocycles. The van der Waals surface area contributed by atoms with E-state index in [2.05, 4.69) is 12.2 Å². The van der Waals surface area contributed by atoms with E-state index in [1.54, 1.807) is 4.31 Å². The molecule has 0 radical (unpaired) electrons. The quantitative estimate of drug-likeness (QED) is 0.730. The van der Waals surface area contributed by atoms with Crippen LogP contribution < -0.4 is 5.32 Å². The molecule has 2 fully saturated rings. The molecule has 1 saturated carbocycles. The van der Waals surface area contributed by atoms with Crippen LogP contribution in [0.1, 0.15) is 39.0 Å². The third-order valence-electron chi connectivity index (χ3n) is 3.73. The molecule has 4 nitrogen and oxygen atoms in total. The van der Waals surface area contributed by atoms with Crippen molar-refractivity contribution in [3.8, 4) is 0 Å². The molecule has 17 heavy (non-hydrogen) atoms. The molecule has 0 aromatic rings. The Balaban J connectivity index is 1.69. The van der Waals surface area contributed by atoms with E-state index in [0.29, 0.717) is 17.7 Å². The third kappa shape index (κ3) is 4.23. The number of nitrogens with one attached hydrogen (secondary N) is 1. The summed E-state index contributed by atoms with van der Waals surface area (Å²) in [5.41, 5.74) is 0. The lowest BCUT2D eigenvalue weighted by Gasteiger charge is -2.29. The normalized spacial score (nSPS) is 24.1. The molecular weight excluding hydrogens is 236 g/mol. The Morgan fingerprint density at radius 2 is 1.82 bits per heavy atom. The van der Waals surface area contributed by atoms with Crippen molar-refractivity contribution in [2.75, 3.05) is 25.4 Å². The Hall–Kier alpha value is -0.130.